The molecule has 7 nitrogen and oxygen atoms in total. The lowest BCUT2D eigenvalue weighted by atomic mass is 10.0. The number of hydrogen-bond acceptors (Lipinski definition) is 6. The Labute approximate surface area is 177 Å². The van der Waals surface area contributed by atoms with Gasteiger partial charge in [0.25, 0.3) is 5.91 Å². The largest absolute Gasteiger partial charge is 0.491 e. The molecule has 1 atom stereocenters. The summed E-state index contributed by atoms with van der Waals surface area (Å²) in [6, 6.07) is 6.75. The van der Waals surface area contributed by atoms with Crippen molar-refractivity contribution in [2.45, 2.75) is 26.0 Å². The van der Waals surface area contributed by atoms with Gasteiger partial charge in [-0.25, -0.2) is 0 Å². The van der Waals surface area contributed by atoms with Gasteiger partial charge in [-0.15, -0.1) is 11.3 Å². The first kappa shape index (κ1) is 22.4. The molecule has 0 saturated heterocycles. The van der Waals surface area contributed by atoms with Crippen molar-refractivity contribution in [3.63, 3.8) is 0 Å². The number of carbonyl (C=O) groups is 1. The molecule has 0 aliphatic carbocycles. The summed E-state index contributed by atoms with van der Waals surface area (Å²) in [6.45, 7) is 4.37. The summed E-state index contributed by atoms with van der Waals surface area (Å²) >= 11 is 13.5. The number of aliphatic hydroxyl groups is 1. The normalized spacial score (nSPS) is 12.1. The lowest BCUT2D eigenvalue weighted by Gasteiger charge is -2.16. The number of nitrogens with one attached hydrogen (secondary N) is 3. The van der Waals surface area contributed by atoms with E-state index < -0.39 is 18.0 Å². The Morgan fingerprint density at radius 1 is 1.32 bits per heavy atom. The molecule has 152 valence electrons. The molecule has 0 aliphatic rings. The van der Waals surface area contributed by atoms with E-state index >= 15 is 0 Å². The third-order valence-electron chi connectivity index (χ3n) is 3.59. The summed E-state index contributed by atoms with van der Waals surface area (Å²) in [6.07, 6.45) is -0.722. The first-order chi connectivity index (χ1) is 13.2. The molecule has 28 heavy (non-hydrogen) atoms. The maximum atomic E-state index is 12.3. The van der Waals surface area contributed by atoms with Crippen molar-refractivity contribution in [3.8, 4) is 16.9 Å². The summed E-state index contributed by atoms with van der Waals surface area (Å²) in [4.78, 5) is 12.3. The Kier molecular flexibility index (Phi) is 8.09. The number of nitrogens with two attached hydrogens (primary N) is 1. The monoisotopic (exact) mass is 444 g/mol. The van der Waals surface area contributed by atoms with Gasteiger partial charge < -0.3 is 20.9 Å². The molecule has 6 N–H and O–H groups in total. The number of amides is 1. The van der Waals surface area contributed by atoms with Gasteiger partial charge in [-0.05, 0) is 29.8 Å². The second kappa shape index (κ2) is 10.1. The van der Waals surface area contributed by atoms with Gasteiger partial charge in [0.1, 0.15) is 22.8 Å². The first-order valence-corrected chi connectivity index (χ1v) is 10.0. The number of hydrogen-bond donors (Lipinski definition) is 5. The minimum atomic E-state index is -0.722. The second-order valence-electron chi connectivity index (χ2n) is 6.38. The number of halogens is 2. The SMILES string of the molecule is CC(C)NCC(O)COc1cc(C(=O)NC(=N)N)cc(-c2cc(Cl)sc2Cl)c1. The van der Waals surface area contributed by atoms with E-state index in [1.165, 1.54) is 17.4 Å². The van der Waals surface area contributed by atoms with E-state index in [1.54, 1.807) is 18.2 Å². The molecular formula is C18H22Cl2N4O3S. The summed E-state index contributed by atoms with van der Waals surface area (Å²) in [5.41, 5.74) is 6.75. The Hall–Kier alpha value is -1.84. The van der Waals surface area contributed by atoms with Crippen LogP contribution in [0.5, 0.6) is 5.75 Å². The maximum absolute atomic E-state index is 12.3. The van der Waals surface area contributed by atoms with E-state index in [9.17, 15) is 9.90 Å². The third-order valence-corrected chi connectivity index (χ3v) is 5.08. The van der Waals surface area contributed by atoms with Crippen LogP contribution in [-0.4, -0.2) is 42.3 Å². The molecule has 0 spiro atoms. The Bertz CT molecular complexity index is 857. The van der Waals surface area contributed by atoms with Gasteiger partial charge in [0.05, 0.1) is 4.34 Å². The van der Waals surface area contributed by atoms with E-state index in [0.29, 0.717) is 32.1 Å². The van der Waals surface area contributed by atoms with Gasteiger partial charge >= 0.3 is 0 Å². The van der Waals surface area contributed by atoms with Crippen molar-refractivity contribution in [1.82, 2.24) is 10.6 Å². The van der Waals surface area contributed by atoms with Crippen molar-refractivity contribution in [2.75, 3.05) is 13.2 Å². The minimum Gasteiger partial charge on any atom is -0.491 e. The van der Waals surface area contributed by atoms with E-state index in [4.69, 9.17) is 39.1 Å². The van der Waals surface area contributed by atoms with E-state index in [-0.39, 0.29) is 18.2 Å². The van der Waals surface area contributed by atoms with Crippen LogP contribution < -0.4 is 21.1 Å². The minimum absolute atomic E-state index is 0.0368. The summed E-state index contributed by atoms with van der Waals surface area (Å²) in [5, 5.41) is 22.6. The molecule has 1 unspecified atom stereocenters. The molecule has 1 aromatic carbocycles. The van der Waals surface area contributed by atoms with Crippen LogP contribution in [0.15, 0.2) is 24.3 Å². The summed E-state index contributed by atoms with van der Waals surface area (Å²) < 4.78 is 6.66. The van der Waals surface area contributed by atoms with Crippen LogP contribution in [-0.2, 0) is 0 Å². The highest BCUT2D eigenvalue weighted by Gasteiger charge is 2.16. The zero-order valence-corrected chi connectivity index (χ0v) is 17.7. The summed E-state index contributed by atoms with van der Waals surface area (Å²) in [5.74, 6) is -0.656. The molecule has 1 aromatic heterocycles. The van der Waals surface area contributed by atoms with Crippen LogP contribution in [0.3, 0.4) is 0 Å². The highest BCUT2D eigenvalue weighted by atomic mass is 35.5. The molecule has 2 rings (SSSR count). The topological polar surface area (TPSA) is 120 Å². The highest BCUT2D eigenvalue weighted by Crippen LogP contribution is 2.39. The van der Waals surface area contributed by atoms with E-state index in [0.717, 1.165) is 0 Å². The molecule has 2 aromatic rings. The molecule has 1 amide bonds. The standard InChI is InChI=1S/C18H22Cl2N4O3S/c1-9(2)23-7-12(25)8-27-13-4-10(14-6-15(19)28-16(14)20)3-11(5-13)17(26)24-18(21)22/h3-6,9,12,23,25H,7-8H2,1-2H3,(H4,21,22,24,26). The Balaban J connectivity index is 2.28. The fourth-order valence-corrected chi connectivity index (χ4v) is 3.83. The molecule has 10 heteroatoms. The van der Waals surface area contributed by atoms with Crippen LogP contribution in [0.25, 0.3) is 11.1 Å². The number of benzene rings is 1. The van der Waals surface area contributed by atoms with E-state index in [2.05, 4.69) is 10.6 Å². The van der Waals surface area contributed by atoms with Crippen molar-refractivity contribution < 1.29 is 14.6 Å². The van der Waals surface area contributed by atoms with Gasteiger partial charge in [-0.3, -0.25) is 15.5 Å². The zero-order valence-electron chi connectivity index (χ0n) is 15.4. The van der Waals surface area contributed by atoms with Gasteiger partial charge in [-0.2, -0.15) is 0 Å². The smallest absolute Gasteiger partial charge is 0.258 e. The number of ether oxygens (including phenoxy) is 1. The molecule has 0 bridgehead atoms. The Morgan fingerprint density at radius 2 is 2.04 bits per heavy atom. The predicted molar refractivity (Wildman–Crippen MR) is 114 cm³/mol. The fraction of sp³-hybridized carbons (Fsp3) is 0.333. The van der Waals surface area contributed by atoms with Crippen molar-refractivity contribution in [3.05, 3.63) is 38.5 Å². The van der Waals surface area contributed by atoms with Crippen molar-refractivity contribution in [2.24, 2.45) is 5.73 Å². The van der Waals surface area contributed by atoms with E-state index in [1.807, 2.05) is 13.8 Å². The van der Waals surface area contributed by atoms with Gasteiger partial charge in [-0.1, -0.05) is 37.0 Å². The average molecular weight is 445 g/mol. The average Bonchev–Trinajstić information content (AvgIpc) is 2.95. The molecule has 1 heterocycles. The number of thiophene rings is 1. The zero-order chi connectivity index (χ0) is 20.8. The molecule has 0 aliphatic heterocycles. The van der Waals surface area contributed by atoms with Crippen LogP contribution in [0, 0.1) is 5.41 Å². The van der Waals surface area contributed by atoms with Crippen molar-refractivity contribution >= 4 is 46.4 Å². The number of carbonyl (C=O) groups excluding carboxylic acids is 1. The molecule has 0 saturated carbocycles. The Morgan fingerprint density at radius 3 is 2.61 bits per heavy atom. The highest BCUT2D eigenvalue weighted by molar-refractivity contribution is 7.20. The quantitative estimate of drug-likeness (QED) is 0.316. The third kappa shape index (κ3) is 6.65. The second-order valence-corrected chi connectivity index (χ2v) is 8.67. The molecule has 0 radical (unpaired) electrons. The fourth-order valence-electron chi connectivity index (χ4n) is 2.32. The van der Waals surface area contributed by atoms with Gasteiger partial charge in [0.15, 0.2) is 5.96 Å². The van der Waals surface area contributed by atoms with Crippen LogP contribution in [0.4, 0.5) is 0 Å². The lowest BCUT2D eigenvalue weighted by Crippen LogP contribution is -2.36. The van der Waals surface area contributed by atoms with Crippen LogP contribution in [0.1, 0.15) is 24.2 Å². The summed E-state index contributed by atoms with van der Waals surface area (Å²) in [7, 11) is 0. The van der Waals surface area contributed by atoms with Crippen molar-refractivity contribution in [1.29, 1.82) is 5.41 Å². The van der Waals surface area contributed by atoms with Gasteiger partial charge in [0, 0.05) is 23.7 Å². The lowest BCUT2D eigenvalue weighted by molar-refractivity contribution is 0.0973. The van der Waals surface area contributed by atoms with Gasteiger partial charge in [0.2, 0.25) is 0 Å². The first-order valence-electron chi connectivity index (χ1n) is 8.45. The number of rotatable bonds is 8. The molecule has 0 fully saturated rings. The number of guanidine groups is 1. The molecular weight excluding hydrogens is 423 g/mol. The predicted octanol–water partition coefficient (Wildman–Crippen LogP) is 3.08. The van der Waals surface area contributed by atoms with Crippen LogP contribution in [0.2, 0.25) is 8.67 Å². The number of aliphatic hydroxyl groups excluding tert-OH is 1. The maximum Gasteiger partial charge on any atom is 0.258 e. The van der Waals surface area contributed by atoms with Crippen LogP contribution >= 0.6 is 34.5 Å².